The quantitative estimate of drug-likeness (QED) is 0.553. The van der Waals surface area contributed by atoms with Crippen LogP contribution in [0.25, 0.3) is 11.5 Å². The van der Waals surface area contributed by atoms with Gasteiger partial charge in [-0.3, -0.25) is 4.79 Å². The van der Waals surface area contributed by atoms with Crippen molar-refractivity contribution >= 4 is 12.0 Å². The van der Waals surface area contributed by atoms with Gasteiger partial charge >= 0.3 is 6.09 Å². The van der Waals surface area contributed by atoms with Gasteiger partial charge in [-0.15, -0.1) is 10.2 Å². The van der Waals surface area contributed by atoms with Gasteiger partial charge in [0.05, 0.1) is 5.54 Å². The third-order valence-corrected chi connectivity index (χ3v) is 5.73. The van der Waals surface area contributed by atoms with Gasteiger partial charge in [0.25, 0.3) is 0 Å². The van der Waals surface area contributed by atoms with E-state index in [4.69, 9.17) is 9.15 Å². The van der Waals surface area contributed by atoms with E-state index in [0.717, 1.165) is 44.1 Å². The Labute approximate surface area is 195 Å². The fourth-order valence-electron chi connectivity index (χ4n) is 4.08. The molecule has 1 heterocycles. The zero-order valence-electron chi connectivity index (χ0n) is 20.0. The number of alkyl carbamates (subject to hydrolysis) is 1. The number of carbonyl (C=O) groups is 2. The van der Waals surface area contributed by atoms with Crippen LogP contribution < -0.4 is 10.6 Å². The Kier molecular flexibility index (Phi) is 8.47. The fourth-order valence-corrected chi connectivity index (χ4v) is 4.08. The maximum atomic E-state index is 12.5. The zero-order valence-corrected chi connectivity index (χ0v) is 20.0. The van der Waals surface area contributed by atoms with Gasteiger partial charge in [-0.05, 0) is 52.2 Å². The van der Waals surface area contributed by atoms with E-state index in [1.807, 2.05) is 51.1 Å². The van der Waals surface area contributed by atoms with Crippen LogP contribution in [0.4, 0.5) is 4.79 Å². The van der Waals surface area contributed by atoms with Crippen LogP contribution in [0.1, 0.15) is 78.0 Å². The van der Waals surface area contributed by atoms with Crippen molar-refractivity contribution < 1.29 is 18.7 Å². The minimum atomic E-state index is -0.561. The summed E-state index contributed by atoms with van der Waals surface area (Å²) in [5, 5.41) is 14.3. The van der Waals surface area contributed by atoms with E-state index in [1.165, 1.54) is 0 Å². The molecule has 1 saturated carbocycles. The minimum Gasteiger partial charge on any atom is -0.444 e. The van der Waals surface area contributed by atoms with E-state index in [9.17, 15) is 9.59 Å². The summed E-state index contributed by atoms with van der Waals surface area (Å²) in [7, 11) is 0. The number of benzene rings is 1. The zero-order chi connectivity index (χ0) is 23.7. The smallest absolute Gasteiger partial charge is 0.408 e. The highest BCUT2D eigenvalue weighted by atomic mass is 16.6. The van der Waals surface area contributed by atoms with Crippen molar-refractivity contribution in [3.63, 3.8) is 0 Å². The molecule has 8 heteroatoms. The van der Waals surface area contributed by atoms with Crippen LogP contribution in [0, 0.1) is 0 Å². The first-order valence-corrected chi connectivity index (χ1v) is 11.9. The normalized spacial score (nSPS) is 16.0. The molecule has 0 radical (unpaired) electrons. The number of aryl methyl sites for hydroxylation is 1. The Bertz CT molecular complexity index is 897. The van der Waals surface area contributed by atoms with Crippen LogP contribution in [0.15, 0.2) is 34.7 Å². The predicted octanol–water partition coefficient (Wildman–Crippen LogP) is 4.79. The summed E-state index contributed by atoms with van der Waals surface area (Å²) < 4.78 is 11.2. The molecule has 0 aliphatic heterocycles. The molecule has 1 aromatic heterocycles. The third kappa shape index (κ3) is 8.18. The number of nitrogens with one attached hydrogen (secondary N) is 2. The molecule has 1 fully saturated rings. The Balaban J connectivity index is 1.48. The molecule has 180 valence electrons. The van der Waals surface area contributed by atoms with Crippen LogP contribution in [0.5, 0.6) is 0 Å². The number of amides is 2. The van der Waals surface area contributed by atoms with Gasteiger partial charge in [-0.2, -0.15) is 0 Å². The molecule has 0 unspecified atom stereocenters. The van der Waals surface area contributed by atoms with Crippen LogP contribution >= 0.6 is 0 Å². The fraction of sp³-hybridized carbons (Fsp3) is 0.600. The number of nitrogens with zero attached hydrogens (tertiary/aromatic N) is 2. The van der Waals surface area contributed by atoms with Crippen molar-refractivity contribution in [3.8, 4) is 11.5 Å². The highest BCUT2D eigenvalue weighted by Crippen LogP contribution is 2.27. The monoisotopic (exact) mass is 456 g/mol. The molecule has 1 aliphatic carbocycles. The highest BCUT2D eigenvalue weighted by molar-refractivity contribution is 5.76. The highest BCUT2D eigenvalue weighted by Gasteiger charge is 2.34. The number of hydrogen-bond donors (Lipinski definition) is 2. The molecular weight excluding hydrogens is 420 g/mol. The predicted molar refractivity (Wildman–Crippen MR) is 125 cm³/mol. The van der Waals surface area contributed by atoms with Gasteiger partial charge in [0.15, 0.2) is 0 Å². The average molecular weight is 457 g/mol. The van der Waals surface area contributed by atoms with E-state index >= 15 is 0 Å². The van der Waals surface area contributed by atoms with E-state index in [2.05, 4.69) is 20.8 Å². The van der Waals surface area contributed by atoms with Crippen molar-refractivity contribution in [2.75, 3.05) is 6.54 Å². The number of rotatable bonds is 8. The lowest BCUT2D eigenvalue weighted by Crippen LogP contribution is -2.56. The topological polar surface area (TPSA) is 106 Å². The van der Waals surface area contributed by atoms with Gasteiger partial charge in [0.1, 0.15) is 5.60 Å². The lowest BCUT2D eigenvalue weighted by molar-refractivity contribution is -0.121. The minimum absolute atomic E-state index is 0.0487. The Morgan fingerprint density at radius 2 is 1.76 bits per heavy atom. The van der Waals surface area contributed by atoms with Crippen molar-refractivity contribution in [2.24, 2.45) is 0 Å². The van der Waals surface area contributed by atoms with Gasteiger partial charge < -0.3 is 19.8 Å². The van der Waals surface area contributed by atoms with Crippen LogP contribution in [0.2, 0.25) is 0 Å². The lowest BCUT2D eigenvalue weighted by Gasteiger charge is -2.35. The van der Waals surface area contributed by atoms with Gasteiger partial charge in [0.2, 0.25) is 17.7 Å². The standard InChI is InChI=1S/C25H36N4O4/c1-24(2,3)33-23(31)27-25(16-9-4-5-10-17-25)18-26-20(30)14-11-15-21-28-29-22(32-21)19-12-7-6-8-13-19/h6-8,12-13H,4-5,9-11,14-18H2,1-3H3,(H,26,30)(H,27,31). The molecule has 2 aromatic rings. The summed E-state index contributed by atoms with van der Waals surface area (Å²) in [6, 6.07) is 9.60. The molecule has 0 spiro atoms. The molecule has 8 nitrogen and oxygen atoms in total. The molecule has 33 heavy (non-hydrogen) atoms. The molecule has 3 rings (SSSR count). The van der Waals surface area contributed by atoms with Gasteiger partial charge in [0, 0.05) is 24.9 Å². The van der Waals surface area contributed by atoms with E-state index < -0.39 is 17.2 Å². The summed E-state index contributed by atoms with van der Waals surface area (Å²) in [6.45, 7) is 5.95. The largest absolute Gasteiger partial charge is 0.444 e. The molecule has 1 aromatic carbocycles. The lowest BCUT2D eigenvalue weighted by atomic mass is 9.90. The Morgan fingerprint density at radius 1 is 1.06 bits per heavy atom. The molecule has 0 bridgehead atoms. The number of ether oxygens (including phenoxy) is 1. The maximum Gasteiger partial charge on any atom is 0.408 e. The summed E-state index contributed by atoms with van der Waals surface area (Å²) in [5.74, 6) is 0.958. The van der Waals surface area contributed by atoms with Crippen molar-refractivity contribution in [1.82, 2.24) is 20.8 Å². The first-order valence-electron chi connectivity index (χ1n) is 11.9. The van der Waals surface area contributed by atoms with Crippen molar-refractivity contribution in [2.45, 2.75) is 89.7 Å². The van der Waals surface area contributed by atoms with E-state index in [-0.39, 0.29) is 5.91 Å². The van der Waals surface area contributed by atoms with Crippen molar-refractivity contribution in [3.05, 3.63) is 36.2 Å². The summed E-state index contributed by atoms with van der Waals surface area (Å²) in [6.07, 6.45) is 7.05. The second-order valence-corrected chi connectivity index (χ2v) is 9.82. The van der Waals surface area contributed by atoms with E-state index in [0.29, 0.717) is 37.6 Å². The number of carbonyl (C=O) groups excluding carboxylic acids is 2. The number of hydrogen-bond acceptors (Lipinski definition) is 6. The second-order valence-electron chi connectivity index (χ2n) is 9.82. The maximum absolute atomic E-state index is 12.5. The molecule has 1 aliphatic rings. The summed E-state index contributed by atoms with van der Waals surface area (Å²) in [4.78, 5) is 25.0. The van der Waals surface area contributed by atoms with Crippen molar-refractivity contribution in [1.29, 1.82) is 0 Å². The molecule has 0 atom stereocenters. The SMILES string of the molecule is CC(C)(C)OC(=O)NC1(CNC(=O)CCCc2nnc(-c3ccccc3)o2)CCCCCC1. The first kappa shape index (κ1) is 24.7. The Morgan fingerprint density at radius 3 is 2.42 bits per heavy atom. The first-order chi connectivity index (χ1) is 15.7. The third-order valence-electron chi connectivity index (χ3n) is 5.73. The molecule has 2 N–H and O–H groups in total. The Hall–Kier alpha value is -2.90. The molecular formula is C25H36N4O4. The average Bonchev–Trinajstić information content (AvgIpc) is 3.11. The van der Waals surface area contributed by atoms with Gasteiger partial charge in [-0.25, -0.2) is 4.79 Å². The second kappa shape index (κ2) is 11.3. The summed E-state index contributed by atoms with van der Waals surface area (Å²) >= 11 is 0. The molecule has 2 amide bonds. The molecule has 0 saturated heterocycles. The van der Waals surface area contributed by atoms with E-state index in [1.54, 1.807) is 0 Å². The van der Waals surface area contributed by atoms with Crippen LogP contribution in [-0.2, 0) is 16.0 Å². The van der Waals surface area contributed by atoms with Crippen LogP contribution in [-0.4, -0.2) is 39.9 Å². The van der Waals surface area contributed by atoms with Crippen LogP contribution in [0.3, 0.4) is 0 Å². The van der Waals surface area contributed by atoms with Gasteiger partial charge in [-0.1, -0.05) is 43.9 Å². The summed E-state index contributed by atoms with van der Waals surface area (Å²) in [5.41, 5.74) is -0.153. The number of aromatic nitrogens is 2.